The zero-order valence-electron chi connectivity index (χ0n) is 12.2. The molecule has 0 atom stereocenters. The van der Waals surface area contributed by atoms with Crippen molar-refractivity contribution in [3.63, 3.8) is 0 Å². The number of ether oxygens (including phenoxy) is 2. The number of para-hydroxylation sites is 1. The second-order valence-electron chi connectivity index (χ2n) is 4.32. The van der Waals surface area contributed by atoms with E-state index in [2.05, 4.69) is 0 Å². The first kappa shape index (κ1) is 16.2. The molecule has 1 rings (SSSR count). The van der Waals surface area contributed by atoms with Crippen LogP contribution in [0.15, 0.2) is 24.3 Å². The van der Waals surface area contributed by atoms with Gasteiger partial charge in [-0.2, -0.15) is 0 Å². The third kappa shape index (κ3) is 4.35. The molecule has 5 heteroatoms. The minimum Gasteiger partial charge on any atom is -0.465 e. The molecule has 0 aliphatic rings. The Balaban J connectivity index is 2.73. The maximum Gasteiger partial charge on any atom is 0.339 e. The Morgan fingerprint density at radius 3 is 2.55 bits per heavy atom. The molecular formula is C15H21NO4. The van der Waals surface area contributed by atoms with E-state index in [1.165, 1.54) is 12.0 Å². The first-order chi connectivity index (χ1) is 9.61. The van der Waals surface area contributed by atoms with E-state index in [1.54, 1.807) is 31.3 Å². The van der Waals surface area contributed by atoms with E-state index < -0.39 is 5.97 Å². The highest BCUT2D eigenvalue weighted by molar-refractivity contribution is 6.02. The molecule has 0 aliphatic carbocycles. The number of nitrogens with zero attached hydrogens (tertiary/aromatic N) is 1. The van der Waals surface area contributed by atoms with E-state index >= 15 is 0 Å². The average Bonchev–Trinajstić information content (AvgIpc) is 2.49. The van der Waals surface area contributed by atoms with Crippen molar-refractivity contribution in [3.8, 4) is 0 Å². The van der Waals surface area contributed by atoms with Gasteiger partial charge in [-0.25, -0.2) is 4.79 Å². The van der Waals surface area contributed by atoms with Gasteiger partial charge < -0.3 is 14.4 Å². The van der Waals surface area contributed by atoms with E-state index in [-0.39, 0.29) is 12.3 Å². The topological polar surface area (TPSA) is 55.8 Å². The van der Waals surface area contributed by atoms with Gasteiger partial charge in [-0.05, 0) is 18.6 Å². The highest BCUT2D eigenvalue weighted by atomic mass is 16.5. The van der Waals surface area contributed by atoms with Crippen molar-refractivity contribution in [2.24, 2.45) is 0 Å². The largest absolute Gasteiger partial charge is 0.465 e. The van der Waals surface area contributed by atoms with Crippen LogP contribution in [0.2, 0.25) is 0 Å². The molecule has 0 fully saturated rings. The van der Waals surface area contributed by atoms with Crippen LogP contribution in [-0.2, 0) is 14.3 Å². The lowest BCUT2D eigenvalue weighted by Gasteiger charge is -2.19. The van der Waals surface area contributed by atoms with Crippen LogP contribution in [0.1, 0.15) is 30.1 Å². The number of carbonyl (C=O) groups is 2. The van der Waals surface area contributed by atoms with Crippen molar-refractivity contribution in [1.82, 2.24) is 0 Å². The third-order valence-electron chi connectivity index (χ3n) is 2.85. The monoisotopic (exact) mass is 279 g/mol. The van der Waals surface area contributed by atoms with E-state index in [0.29, 0.717) is 24.5 Å². The fraction of sp³-hybridized carbons (Fsp3) is 0.467. The number of rotatable bonds is 7. The van der Waals surface area contributed by atoms with Gasteiger partial charge in [0.1, 0.15) is 0 Å². The zero-order chi connectivity index (χ0) is 15.0. The summed E-state index contributed by atoms with van der Waals surface area (Å²) in [5.74, 6) is -0.556. The molecule has 0 aromatic heterocycles. The summed E-state index contributed by atoms with van der Waals surface area (Å²) < 4.78 is 10.0. The Morgan fingerprint density at radius 1 is 1.20 bits per heavy atom. The zero-order valence-corrected chi connectivity index (χ0v) is 12.2. The SMILES string of the molecule is CCCOCCC(=O)N(C)c1ccccc1C(=O)OC. The predicted molar refractivity (Wildman–Crippen MR) is 76.9 cm³/mol. The fourth-order valence-electron chi connectivity index (χ4n) is 1.76. The van der Waals surface area contributed by atoms with Crippen LogP contribution in [0, 0.1) is 0 Å². The Kier molecular flexibility index (Phi) is 6.73. The summed E-state index contributed by atoms with van der Waals surface area (Å²) in [6.45, 7) is 3.05. The van der Waals surface area contributed by atoms with E-state index in [9.17, 15) is 9.59 Å². The van der Waals surface area contributed by atoms with Crippen LogP contribution >= 0.6 is 0 Å². The van der Waals surface area contributed by atoms with Gasteiger partial charge >= 0.3 is 5.97 Å². The molecule has 110 valence electrons. The maximum absolute atomic E-state index is 12.1. The molecule has 1 amide bonds. The molecule has 0 aliphatic heterocycles. The average molecular weight is 279 g/mol. The maximum atomic E-state index is 12.1. The molecule has 5 nitrogen and oxygen atoms in total. The van der Waals surface area contributed by atoms with Crippen molar-refractivity contribution < 1.29 is 19.1 Å². The molecule has 0 saturated carbocycles. The van der Waals surface area contributed by atoms with Gasteiger partial charge in [0, 0.05) is 13.7 Å². The summed E-state index contributed by atoms with van der Waals surface area (Å²) in [7, 11) is 2.96. The molecule has 1 aromatic rings. The second-order valence-corrected chi connectivity index (χ2v) is 4.32. The Labute approximate surface area is 119 Å². The first-order valence-corrected chi connectivity index (χ1v) is 6.63. The molecule has 0 heterocycles. The Morgan fingerprint density at radius 2 is 1.90 bits per heavy atom. The predicted octanol–water partition coefficient (Wildman–Crippen LogP) is 2.25. The van der Waals surface area contributed by atoms with Crippen LogP contribution in [-0.4, -0.2) is 39.2 Å². The van der Waals surface area contributed by atoms with Gasteiger partial charge in [0.25, 0.3) is 0 Å². The number of hydrogen-bond donors (Lipinski definition) is 0. The van der Waals surface area contributed by atoms with Crippen molar-refractivity contribution in [3.05, 3.63) is 29.8 Å². The highest BCUT2D eigenvalue weighted by Gasteiger charge is 2.18. The van der Waals surface area contributed by atoms with Gasteiger partial charge in [0.2, 0.25) is 5.91 Å². The minimum absolute atomic E-state index is 0.0996. The fourth-order valence-corrected chi connectivity index (χ4v) is 1.76. The van der Waals surface area contributed by atoms with E-state index in [4.69, 9.17) is 9.47 Å². The number of amides is 1. The number of carbonyl (C=O) groups excluding carboxylic acids is 2. The van der Waals surface area contributed by atoms with Crippen LogP contribution < -0.4 is 4.90 Å². The Bertz CT molecular complexity index is 459. The molecule has 1 aromatic carbocycles. The van der Waals surface area contributed by atoms with Gasteiger partial charge in [-0.1, -0.05) is 19.1 Å². The van der Waals surface area contributed by atoms with Gasteiger partial charge in [-0.15, -0.1) is 0 Å². The van der Waals surface area contributed by atoms with Gasteiger partial charge in [-0.3, -0.25) is 4.79 Å². The summed E-state index contributed by atoms with van der Waals surface area (Å²) in [4.78, 5) is 25.2. The molecule has 20 heavy (non-hydrogen) atoms. The number of anilines is 1. The van der Waals surface area contributed by atoms with Crippen LogP contribution in [0.25, 0.3) is 0 Å². The Hall–Kier alpha value is -1.88. The summed E-state index contributed by atoms with van der Waals surface area (Å²) in [6.07, 6.45) is 1.21. The summed E-state index contributed by atoms with van der Waals surface area (Å²) in [6, 6.07) is 6.87. The molecule has 0 unspecified atom stereocenters. The van der Waals surface area contributed by atoms with Crippen molar-refractivity contribution in [2.45, 2.75) is 19.8 Å². The number of methoxy groups -OCH3 is 1. The van der Waals surface area contributed by atoms with Gasteiger partial charge in [0.05, 0.1) is 31.4 Å². The van der Waals surface area contributed by atoms with E-state index in [1.807, 2.05) is 6.92 Å². The highest BCUT2D eigenvalue weighted by Crippen LogP contribution is 2.20. The number of hydrogen-bond acceptors (Lipinski definition) is 4. The smallest absolute Gasteiger partial charge is 0.339 e. The van der Waals surface area contributed by atoms with Crippen molar-refractivity contribution in [2.75, 3.05) is 32.3 Å². The van der Waals surface area contributed by atoms with Crippen molar-refractivity contribution >= 4 is 17.6 Å². The first-order valence-electron chi connectivity index (χ1n) is 6.63. The normalized spacial score (nSPS) is 10.2. The lowest BCUT2D eigenvalue weighted by Crippen LogP contribution is -2.28. The summed E-state index contributed by atoms with van der Waals surface area (Å²) in [5, 5.41) is 0. The molecule has 0 radical (unpaired) electrons. The van der Waals surface area contributed by atoms with Gasteiger partial charge in [0.15, 0.2) is 0 Å². The van der Waals surface area contributed by atoms with E-state index in [0.717, 1.165) is 6.42 Å². The number of esters is 1. The lowest BCUT2D eigenvalue weighted by atomic mass is 10.1. The number of benzene rings is 1. The third-order valence-corrected chi connectivity index (χ3v) is 2.85. The van der Waals surface area contributed by atoms with Crippen LogP contribution in [0.4, 0.5) is 5.69 Å². The lowest BCUT2D eigenvalue weighted by molar-refractivity contribution is -0.119. The van der Waals surface area contributed by atoms with Crippen LogP contribution in [0.3, 0.4) is 0 Å². The minimum atomic E-state index is -0.456. The second kappa shape index (κ2) is 8.32. The molecule has 0 spiro atoms. The van der Waals surface area contributed by atoms with Crippen molar-refractivity contribution in [1.29, 1.82) is 0 Å². The molecule has 0 N–H and O–H groups in total. The standard InChI is InChI=1S/C15H21NO4/c1-4-10-20-11-9-14(17)16(2)13-8-6-5-7-12(13)15(18)19-3/h5-8H,4,9-11H2,1-3H3. The molecule has 0 bridgehead atoms. The van der Waals surface area contributed by atoms with Crippen LogP contribution in [0.5, 0.6) is 0 Å². The quantitative estimate of drug-likeness (QED) is 0.567. The molecule has 0 saturated heterocycles. The molecular weight excluding hydrogens is 258 g/mol. The summed E-state index contributed by atoms with van der Waals surface area (Å²) in [5.41, 5.74) is 0.917. The summed E-state index contributed by atoms with van der Waals surface area (Å²) >= 11 is 0.